The zero-order valence-electron chi connectivity index (χ0n) is 9.39. The van der Waals surface area contributed by atoms with E-state index in [1.54, 1.807) is 6.26 Å². The highest BCUT2D eigenvalue weighted by atomic mass is 16.7. The van der Waals surface area contributed by atoms with Gasteiger partial charge in [-0.15, -0.1) is 0 Å². The Morgan fingerprint density at radius 2 is 2.06 bits per heavy atom. The molecule has 2 rings (SSSR count). The molecule has 2 nitrogen and oxygen atoms in total. The van der Waals surface area contributed by atoms with Gasteiger partial charge < -0.3 is 9.47 Å². The van der Waals surface area contributed by atoms with Gasteiger partial charge in [0.15, 0.2) is 0 Å². The number of hydrogen-bond donors (Lipinski definition) is 0. The van der Waals surface area contributed by atoms with Gasteiger partial charge in [0.05, 0.1) is 0 Å². The second-order valence-corrected chi connectivity index (χ2v) is 3.98. The third-order valence-electron chi connectivity index (χ3n) is 2.77. The van der Waals surface area contributed by atoms with Crippen LogP contribution in [0.15, 0.2) is 42.4 Å². The average Bonchev–Trinajstić information content (AvgIpc) is 2.83. The summed E-state index contributed by atoms with van der Waals surface area (Å²) in [5.41, 5.74) is 1.33. The summed E-state index contributed by atoms with van der Waals surface area (Å²) in [6, 6.07) is 10.5. The molecule has 16 heavy (non-hydrogen) atoms. The molecule has 0 amide bonds. The topological polar surface area (TPSA) is 18.5 Å². The van der Waals surface area contributed by atoms with E-state index in [0.717, 1.165) is 25.0 Å². The number of allylic oxidation sites excluding steroid dienone is 1. The van der Waals surface area contributed by atoms with Gasteiger partial charge in [-0.2, -0.15) is 0 Å². The molecule has 0 fully saturated rings. The largest absolute Gasteiger partial charge is 0.462 e. The first-order valence-electron chi connectivity index (χ1n) is 5.68. The second kappa shape index (κ2) is 5.59. The van der Waals surface area contributed by atoms with E-state index in [1.165, 1.54) is 5.56 Å². The molecule has 1 aliphatic heterocycles. The van der Waals surface area contributed by atoms with Gasteiger partial charge in [0.1, 0.15) is 12.0 Å². The van der Waals surface area contributed by atoms with Crippen molar-refractivity contribution in [1.82, 2.24) is 0 Å². The predicted molar refractivity (Wildman–Crippen MR) is 63.3 cm³/mol. The fourth-order valence-corrected chi connectivity index (χ4v) is 1.96. The summed E-state index contributed by atoms with van der Waals surface area (Å²) in [4.78, 5) is 0. The van der Waals surface area contributed by atoms with Crippen LogP contribution in [-0.4, -0.2) is 6.79 Å². The Morgan fingerprint density at radius 1 is 1.25 bits per heavy atom. The molecule has 0 aliphatic carbocycles. The van der Waals surface area contributed by atoms with E-state index >= 15 is 0 Å². The Hall–Kier alpha value is -1.44. The molecule has 1 aromatic carbocycles. The zero-order chi connectivity index (χ0) is 11.2. The van der Waals surface area contributed by atoms with Crippen LogP contribution in [0.5, 0.6) is 0 Å². The first-order chi connectivity index (χ1) is 7.90. The smallest absolute Gasteiger partial charge is 0.229 e. The van der Waals surface area contributed by atoms with Crippen molar-refractivity contribution in [3.63, 3.8) is 0 Å². The van der Waals surface area contributed by atoms with Crippen LogP contribution in [0.25, 0.3) is 0 Å². The Kier molecular flexibility index (Phi) is 3.86. The summed E-state index contributed by atoms with van der Waals surface area (Å²) in [5.74, 6) is 1.36. The summed E-state index contributed by atoms with van der Waals surface area (Å²) in [6.45, 7) is 4.27. The fourth-order valence-electron chi connectivity index (χ4n) is 1.96. The zero-order valence-corrected chi connectivity index (χ0v) is 9.39. The summed E-state index contributed by atoms with van der Waals surface area (Å²) in [6.07, 6.45) is 4.68. The van der Waals surface area contributed by atoms with Crippen LogP contribution >= 0.6 is 0 Å². The molecule has 1 aliphatic rings. The average molecular weight is 217 g/mol. The van der Waals surface area contributed by atoms with E-state index in [1.807, 2.05) is 6.07 Å². The third kappa shape index (κ3) is 2.78. The van der Waals surface area contributed by atoms with Crippen molar-refractivity contribution in [2.75, 3.05) is 6.79 Å². The Morgan fingerprint density at radius 3 is 2.69 bits per heavy atom. The van der Waals surface area contributed by atoms with Gasteiger partial charge in [-0.05, 0) is 18.4 Å². The van der Waals surface area contributed by atoms with Crippen molar-refractivity contribution in [2.24, 2.45) is 5.92 Å². The number of rotatable bonds is 5. The van der Waals surface area contributed by atoms with Crippen molar-refractivity contribution in [3.8, 4) is 0 Å². The lowest BCUT2D eigenvalue weighted by molar-refractivity contribution is 0.0697. The molecule has 1 atom stereocenters. The lowest BCUT2D eigenvalue weighted by atomic mass is 9.93. The van der Waals surface area contributed by atoms with Crippen molar-refractivity contribution in [2.45, 2.75) is 19.3 Å². The molecule has 1 radical (unpaired) electrons. The molecule has 0 N–H and O–H groups in total. The van der Waals surface area contributed by atoms with Crippen LogP contribution in [-0.2, 0) is 15.9 Å². The molecule has 2 heteroatoms. The van der Waals surface area contributed by atoms with E-state index in [-0.39, 0.29) is 0 Å². The van der Waals surface area contributed by atoms with E-state index in [9.17, 15) is 0 Å². The Bertz CT molecular complexity index is 343. The number of benzene rings is 1. The fraction of sp³-hybridized carbons (Fsp3) is 0.357. The molecule has 0 saturated carbocycles. The molecule has 0 spiro atoms. The predicted octanol–water partition coefficient (Wildman–Crippen LogP) is 3.31. The van der Waals surface area contributed by atoms with Crippen molar-refractivity contribution >= 4 is 0 Å². The van der Waals surface area contributed by atoms with Crippen LogP contribution in [0.4, 0.5) is 0 Å². The van der Waals surface area contributed by atoms with Gasteiger partial charge in [0.25, 0.3) is 0 Å². The van der Waals surface area contributed by atoms with Crippen LogP contribution < -0.4 is 0 Å². The van der Waals surface area contributed by atoms with Gasteiger partial charge in [-0.1, -0.05) is 43.7 Å². The second-order valence-electron chi connectivity index (χ2n) is 3.98. The molecule has 1 aromatic rings. The lowest BCUT2D eigenvalue weighted by Gasteiger charge is -2.15. The van der Waals surface area contributed by atoms with E-state index in [0.29, 0.717) is 12.7 Å². The lowest BCUT2D eigenvalue weighted by Crippen LogP contribution is -2.08. The molecule has 0 aromatic heterocycles. The summed E-state index contributed by atoms with van der Waals surface area (Å²) >= 11 is 0. The van der Waals surface area contributed by atoms with Crippen molar-refractivity contribution in [1.29, 1.82) is 0 Å². The maximum Gasteiger partial charge on any atom is 0.229 e. The third-order valence-corrected chi connectivity index (χ3v) is 2.77. The first kappa shape index (κ1) is 11.1. The molecule has 0 bridgehead atoms. The quantitative estimate of drug-likeness (QED) is 0.753. The molecule has 1 heterocycles. The van der Waals surface area contributed by atoms with Gasteiger partial charge in [-0.25, -0.2) is 0 Å². The van der Waals surface area contributed by atoms with Crippen LogP contribution in [0.3, 0.4) is 0 Å². The van der Waals surface area contributed by atoms with Gasteiger partial charge >= 0.3 is 0 Å². The first-order valence-corrected chi connectivity index (χ1v) is 5.68. The maximum absolute atomic E-state index is 5.45. The van der Waals surface area contributed by atoms with Crippen LogP contribution in [0, 0.1) is 12.8 Å². The standard InChI is InChI=1S/C14H17O2/c1-2-6-13(14-10-15-11-16-14)9-12-7-4-3-5-8-12/h3-5,7-8,10,13H,1-2,6,9,11H2. The molecular weight excluding hydrogens is 200 g/mol. The summed E-state index contributed by atoms with van der Waals surface area (Å²) in [5, 5.41) is 0. The summed E-state index contributed by atoms with van der Waals surface area (Å²) < 4.78 is 10.6. The SMILES string of the molecule is [CH2]CCC(Cc1ccccc1)C1=COCO1. The minimum absolute atomic E-state index is 0.359. The van der Waals surface area contributed by atoms with Gasteiger partial charge in [0.2, 0.25) is 6.79 Å². The van der Waals surface area contributed by atoms with E-state index in [4.69, 9.17) is 9.47 Å². The minimum atomic E-state index is 0.359. The molecule has 1 unspecified atom stereocenters. The highest BCUT2D eigenvalue weighted by Crippen LogP contribution is 2.25. The molecular formula is C14H17O2. The number of ether oxygens (including phenoxy) is 2. The van der Waals surface area contributed by atoms with E-state index in [2.05, 4.69) is 31.2 Å². The van der Waals surface area contributed by atoms with Crippen LogP contribution in [0.2, 0.25) is 0 Å². The Balaban J connectivity index is 2.02. The highest BCUT2D eigenvalue weighted by molar-refractivity contribution is 5.17. The number of hydrogen-bond acceptors (Lipinski definition) is 2. The van der Waals surface area contributed by atoms with Gasteiger partial charge in [0, 0.05) is 5.92 Å². The highest BCUT2D eigenvalue weighted by Gasteiger charge is 2.19. The summed E-state index contributed by atoms with van der Waals surface area (Å²) in [7, 11) is 0. The normalized spacial score (nSPS) is 16.2. The monoisotopic (exact) mass is 217 g/mol. The van der Waals surface area contributed by atoms with E-state index < -0.39 is 0 Å². The van der Waals surface area contributed by atoms with Crippen molar-refractivity contribution < 1.29 is 9.47 Å². The molecule has 85 valence electrons. The molecule has 0 saturated heterocycles. The maximum atomic E-state index is 5.45. The Labute approximate surface area is 96.9 Å². The van der Waals surface area contributed by atoms with Crippen LogP contribution in [0.1, 0.15) is 18.4 Å². The van der Waals surface area contributed by atoms with Gasteiger partial charge in [-0.3, -0.25) is 0 Å². The minimum Gasteiger partial charge on any atom is -0.462 e. The van der Waals surface area contributed by atoms with Crippen molar-refractivity contribution in [3.05, 3.63) is 54.8 Å².